The molecule has 0 heterocycles. The third kappa shape index (κ3) is 5.63. The fraction of sp³-hybridized carbons (Fsp3) is 0.182. The van der Waals surface area contributed by atoms with E-state index in [9.17, 15) is 10.1 Å². The zero-order valence-electron chi connectivity index (χ0n) is 15.7. The van der Waals surface area contributed by atoms with Crippen molar-refractivity contribution in [3.05, 3.63) is 81.4 Å². The van der Waals surface area contributed by atoms with E-state index in [4.69, 9.17) is 27.9 Å². The number of hydrogen-bond acceptors (Lipinski definition) is 3. The molecule has 2 aromatic rings. The van der Waals surface area contributed by atoms with Gasteiger partial charge in [0, 0.05) is 14.1 Å². The van der Waals surface area contributed by atoms with Crippen LogP contribution in [0.2, 0.25) is 10.0 Å². The summed E-state index contributed by atoms with van der Waals surface area (Å²) in [6.45, 7) is 4.11. The van der Waals surface area contributed by atoms with Crippen LogP contribution < -0.4 is 4.74 Å². The molecule has 144 valence electrons. The normalized spacial score (nSPS) is 10.9. The van der Waals surface area contributed by atoms with Gasteiger partial charge in [0.1, 0.15) is 24.0 Å². The number of benzene rings is 2. The number of allylic oxidation sites excluding steroid dienone is 1. The first-order valence-electron chi connectivity index (χ1n) is 8.49. The lowest BCUT2D eigenvalue weighted by atomic mass is 10.0. The molecule has 0 aromatic heterocycles. The molecule has 0 radical (unpaired) electrons. The number of nitrogens with zero attached hydrogens (tertiary/aromatic N) is 2. The third-order valence-corrected chi connectivity index (χ3v) is 4.63. The van der Waals surface area contributed by atoms with Crippen LogP contribution >= 0.6 is 23.2 Å². The molecule has 0 bridgehead atoms. The van der Waals surface area contributed by atoms with Crippen LogP contribution in [0.15, 0.2) is 54.6 Å². The molecule has 0 saturated heterocycles. The Morgan fingerprint density at radius 3 is 2.57 bits per heavy atom. The molecular weight excluding hydrogens is 395 g/mol. The van der Waals surface area contributed by atoms with Gasteiger partial charge in [-0.2, -0.15) is 5.26 Å². The van der Waals surface area contributed by atoms with Crippen LogP contribution in [0.25, 0.3) is 6.08 Å². The molecule has 0 spiro atoms. The highest BCUT2D eigenvalue weighted by atomic mass is 35.5. The van der Waals surface area contributed by atoms with Crippen LogP contribution in [0, 0.1) is 11.3 Å². The molecule has 0 N–H and O–H groups in total. The maximum Gasteiger partial charge on any atom is 0.264 e. The number of likely N-dealkylation sites (N-methyl/N-ethyl adjacent to an activating group) is 1. The summed E-state index contributed by atoms with van der Waals surface area (Å²) in [5, 5.41) is 10.2. The van der Waals surface area contributed by atoms with E-state index in [1.54, 1.807) is 44.4 Å². The lowest BCUT2D eigenvalue weighted by Gasteiger charge is -2.13. The van der Waals surface area contributed by atoms with E-state index in [0.29, 0.717) is 28.8 Å². The van der Waals surface area contributed by atoms with Crippen molar-refractivity contribution in [3.8, 4) is 11.8 Å². The molecule has 0 aliphatic carbocycles. The monoisotopic (exact) mass is 414 g/mol. The molecule has 2 rings (SSSR count). The van der Waals surface area contributed by atoms with Gasteiger partial charge in [-0.25, -0.2) is 0 Å². The van der Waals surface area contributed by atoms with Gasteiger partial charge in [0.05, 0.1) is 10.0 Å². The van der Waals surface area contributed by atoms with Crippen LogP contribution in [0.5, 0.6) is 5.75 Å². The Morgan fingerprint density at radius 1 is 1.21 bits per heavy atom. The third-order valence-electron chi connectivity index (χ3n) is 3.90. The Balaban J connectivity index is 2.26. The smallest absolute Gasteiger partial charge is 0.264 e. The summed E-state index contributed by atoms with van der Waals surface area (Å²) >= 11 is 12.0. The summed E-state index contributed by atoms with van der Waals surface area (Å²) in [5.41, 5.74) is 2.61. The summed E-state index contributed by atoms with van der Waals surface area (Å²) < 4.78 is 5.93. The van der Waals surface area contributed by atoms with Crippen LogP contribution in [0.3, 0.4) is 0 Å². The van der Waals surface area contributed by atoms with E-state index < -0.39 is 0 Å². The second-order valence-electron chi connectivity index (χ2n) is 6.27. The van der Waals surface area contributed by atoms with Gasteiger partial charge in [0.15, 0.2) is 0 Å². The van der Waals surface area contributed by atoms with Crippen molar-refractivity contribution in [3.63, 3.8) is 0 Å². The molecule has 0 aliphatic heterocycles. The van der Waals surface area contributed by atoms with E-state index in [0.717, 1.165) is 16.7 Å². The zero-order valence-corrected chi connectivity index (χ0v) is 17.2. The van der Waals surface area contributed by atoms with Crippen molar-refractivity contribution in [2.24, 2.45) is 0 Å². The second kappa shape index (κ2) is 9.98. The van der Waals surface area contributed by atoms with E-state index in [1.807, 2.05) is 24.3 Å². The first-order chi connectivity index (χ1) is 13.3. The van der Waals surface area contributed by atoms with E-state index in [-0.39, 0.29) is 11.5 Å². The molecule has 0 saturated carbocycles. The quantitative estimate of drug-likeness (QED) is 0.351. The van der Waals surface area contributed by atoms with Crippen LogP contribution in [-0.4, -0.2) is 24.9 Å². The number of carbonyl (C=O) groups excluding carboxylic acids is 1. The Hall–Kier alpha value is -2.74. The van der Waals surface area contributed by atoms with Crippen LogP contribution in [0.1, 0.15) is 16.7 Å². The highest BCUT2D eigenvalue weighted by molar-refractivity contribution is 6.42. The maximum absolute atomic E-state index is 12.0. The number of halogens is 2. The van der Waals surface area contributed by atoms with Gasteiger partial charge < -0.3 is 9.64 Å². The molecule has 4 nitrogen and oxygen atoms in total. The minimum absolute atomic E-state index is 0.0685. The zero-order chi connectivity index (χ0) is 20.7. The average Bonchev–Trinajstić information content (AvgIpc) is 2.67. The Morgan fingerprint density at radius 2 is 1.96 bits per heavy atom. The summed E-state index contributed by atoms with van der Waals surface area (Å²) in [6, 6.07) is 12.8. The van der Waals surface area contributed by atoms with Gasteiger partial charge in [0.2, 0.25) is 0 Å². The van der Waals surface area contributed by atoms with Crippen molar-refractivity contribution < 1.29 is 9.53 Å². The summed E-state index contributed by atoms with van der Waals surface area (Å²) in [7, 11) is 3.22. The molecule has 0 atom stereocenters. The number of amides is 1. The number of nitriles is 1. The van der Waals surface area contributed by atoms with Crippen molar-refractivity contribution in [1.82, 2.24) is 4.90 Å². The Labute approximate surface area is 175 Å². The van der Waals surface area contributed by atoms with Crippen molar-refractivity contribution in [1.29, 1.82) is 5.26 Å². The SMILES string of the molecule is C=CCc1cc(/C=C(/C#N)C(=O)N(C)C)ccc1OCc1ccc(Cl)c(Cl)c1. The highest BCUT2D eigenvalue weighted by Gasteiger charge is 2.12. The van der Waals surface area contributed by atoms with Crippen molar-refractivity contribution in [2.45, 2.75) is 13.0 Å². The molecular formula is C22H20Cl2N2O2. The molecule has 0 fully saturated rings. The van der Waals surface area contributed by atoms with Gasteiger partial charge in [-0.3, -0.25) is 4.79 Å². The average molecular weight is 415 g/mol. The number of carbonyl (C=O) groups is 1. The van der Waals surface area contributed by atoms with E-state index in [2.05, 4.69) is 6.58 Å². The fourth-order valence-electron chi connectivity index (χ4n) is 2.48. The van der Waals surface area contributed by atoms with E-state index >= 15 is 0 Å². The molecule has 1 amide bonds. The standard InChI is InChI=1S/C22H20Cl2N2O2/c1-4-5-17-10-15(11-18(13-25)22(27)26(2)3)7-9-21(17)28-14-16-6-8-19(23)20(24)12-16/h4,6-12H,1,5,14H2,2-3H3/b18-11-. The Bertz CT molecular complexity index is 959. The number of ether oxygens (including phenoxy) is 1. The lowest BCUT2D eigenvalue weighted by Crippen LogP contribution is -2.22. The van der Waals surface area contributed by atoms with Gasteiger partial charge in [-0.15, -0.1) is 6.58 Å². The van der Waals surface area contributed by atoms with Gasteiger partial charge in [-0.1, -0.05) is 41.4 Å². The molecule has 0 aliphatic rings. The lowest BCUT2D eigenvalue weighted by molar-refractivity contribution is -0.124. The topological polar surface area (TPSA) is 53.3 Å². The summed E-state index contributed by atoms with van der Waals surface area (Å²) in [6.07, 6.45) is 3.92. The minimum atomic E-state index is -0.340. The second-order valence-corrected chi connectivity index (χ2v) is 7.08. The van der Waals surface area contributed by atoms with Gasteiger partial charge in [-0.05, 0) is 53.5 Å². The summed E-state index contributed by atoms with van der Waals surface area (Å²) in [5.74, 6) is 0.355. The first kappa shape index (κ1) is 21.6. The van der Waals surface area contributed by atoms with Gasteiger partial charge >= 0.3 is 0 Å². The van der Waals surface area contributed by atoms with Crippen LogP contribution in [-0.2, 0) is 17.8 Å². The Kier molecular flexibility index (Phi) is 7.69. The number of rotatable bonds is 7. The minimum Gasteiger partial charge on any atom is -0.489 e. The van der Waals surface area contributed by atoms with E-state index in [1.165, 1.54) is 4.90 Å². The van der Waals surface area contributed by atoms with Crippen molar-refractivity contribution >= 4 is 35.2 Å². The molecule has 6 heteroatoms. The molecule has 2 aromatic carbocycles. The van der Waals surface area contributed by atoms with Gasteiger partial charge in [0.25, 0.3) is 5.91 Å². The molecule has 28 heavy (non-hydrogen) atoms. The fourth-order valence-corrected chi connectivity index (χ4v) is 2.81. The highest BCUT2D eigenvalue weighted by Crippen LogP contribution is 2.26. The predicted octanol–water partition coefficient (Wildman–Crippen LogP) is 5.30. The largest absolute Gasteiger partial charge is 0.489 e. The first-order valence-corrected chi connectivity index (χ1v) is 9.25. The van der Waals surface area contributed by atoms with Crippen molar-refractivity contribution in [2.75, 3.05) is 14.1 Å². The predicted molar refractivity (Wildman–Crippen MR) is 113 cm³/mol. The summed E-state index contributed by atoms with van der Waals surface area (Å²) in [4.78, 5) is 13.4. The molecule has 0 unspecified atom stereocenters. The van der Waals surface area contributed by atoms with Crippen LogP contribution in [0.4, 0.5) is 0 Å². The maximum atomic E-state index is 12.0. The number of hydrogen-bond donors (Lipinski definition) is 0.